The van der Waals surface area contributed by atoms with Crippen molar-refractivity contribution >= 4 is 17.5 Å². The van der Waals surface area contributed by atoms with Gasteiger partial charge in [0.05, 0.1) is 23.4 Å². The second kappa shape index (κ2) is 4.94. The number of carbonyl (C=O) groups excluding carboxylic acids is 2. The Kier molecular flexibility index (Phi) is 3.79. The summed E-state index contributed by atoms with van der Waals surface area (Å²) in [6.45, 7) is -0.478. The van der Waals surface area contributed by atoms with E-state index in [1.54, 1.807) is 0 Å². The van der Waals surface area contributed by atoms with Crippen LogP contribution in [0.25, 0.3) is 0 Å². The molecule has 1 rings (SSSR count). The first kappa shape index (κ1) is 13.8. The van der Waals surface area contributed by atoms with Crippen LogP contribution in [0.1, 0.15) is 15.9 Å². The molecule has 0 bridgehead atoms. The van der Waals surface area contributed by atoms with E-state index in [2.05, 4.69) is 5.32 Å². The van der Waals surface area contributed by atoms with Crippen LogP contribution in [0.2, 0.25) is 0 Å². The fourth-order valence-electron chi connectivity index (χ4n) is 1.27. The quantitative estimate of drug-likeness (QED) is 0.691. The zero-order valence-electron chi connectivity index (χ0n) is 9.04. The standard InChI is InChI=1S/C10H10F3N3O2/c11-10(12,13)6-3-1-2-5(8(6)15)9(18)16-4-7(14)17/h1-3H,4,15H2,(H2,14,17)(H,16,18). The Balaban J connectivity index is 3.04. The summed E-state index contributed by atoms with van der Waals surface area (Å²) < 4.78 is 37.6. The molecule has 0 heterocycles. The lowest BCUT2D eigenvalue weighted by atomic mass is 10.1. The predicted octanol–water partition coefficient (Wildman–Crippen LogP) is 0.503. The summed E-state index contributed by atoms with van der Waals surface area (Å²) in [5.74, 6) is -1.70. The van der Waals surface area contributed by atoms with Crippen LogP contribution in [0.4, 0.5) is 18.9 Å². The van der Waals surface area contributed by atoms with E-state index in [0.29, 0.717) is 0 Å². The monoisotopic (exact) mass is 261 g/mol. The average molecular weight is 261 g/mol. The molecule has 0 atom stereocenters. The smallest absolute Gasteiger partial charge is 0.398 e. The Morgan fingerprint density at radius 2 is 1.89 bits per heavy atom. The maximum absolute atomic E-state index is 12.5. The van der Waals surface area contributed by atoms with E-state index in [4.69, 9.17) is 11.5 Å². The van der Waals surface area contributed by atoms with Gasteiger partial charge in [-0.05, 0) is 12.1 Å². The Morgan fingerprint density at radius 3 is 2.39 bits per heavy atom. The number of benzene rings is 1. The maximum Gasteiger partial charge on any atom is 0.418 e. The van der Waals surface area contributed by atoms with Gasteiger partial charge in [0.1, 0.15) is 0 Å². The molecule has 0 aliphatic heterocycles. The topological polar surface area (TPSA) is 98.2 Å². The second-order valence-electron chi connectivity index (χ2n) is 3.41. The molecule has 0 radical (unpaired) electrons. The van der Waals surface area contributed by atoms with Crippen LogP contribution in [0.3, 0.4) is 0 Å². The molecule has 0 aliphatic carbocycles. The first-order valence-electron chi connectivity index (χ1n) is 4.75. The summed E-state index contributed by atoms with van der Waals surface area (Å²) in [7, 11) is 0. The van der Waals surface area contributed by atoms with Gasteiger partial charge in [-0.15, -0.1) is 0 Å². The number of halogens is 3. The van der Waals surface area contributed by atoms with E-state index in [-0.39, 0.29) is 5.56 Å². The second-order valence-corrected chi connectivity index (χ2v) is 3.41. The van der Waals surface area contributed by atoms with Crippen molar-refractivity contribution in [2.45, 2.75) is 6.18 Å². The van der Waals surface area contributed by atoms with Crippen LogP contribution in [-0.2, 0) is 11.0 Å². The van der Waals surface area contributed by atoms with Gasteiger partial charge in [-0.1, -0.05) is 6.07 Å². The molecule has 2 amide bonds. The number of alkyl halides is 3. The molecule has 5 nitrogen and oxygen atoms in total. The summed E-state index contributed by atoms with van der Waals surface area (Å²) in [4.78, 5) is 21.9. The van der Waals surface area contributed by atoms with Gasteiger partial charge >= 0.3 is 6.18 Å². The Hall–Kier alpha value is -2.25. The van der Waals surface area contributed by atoms with Crippen molar-refractivity contribution in [1.82, 2.24) is 5.32 Å². The minimum Gasteiger partial charge on any atom is -0.398 e. The van der Waals surface area contributed by atoms with Gasteiger partial charge in [-0.2, -0.15) is 13.2 Å². The first-order chi connectivity index (χ1) is 8.23. The van der Waals surface area contributed by atoms with E-state index in [1.807, 2.05) is 0 Å². The fraction of sp³-hybridized carbons (Fsp3) is 0.200. The number of nitrogens with one attached hydrogen (secondary N) is 1. The van der Waals surface area contributed by atoms with Crippen LogP contribution in [0, 0.1) is 0 Å². The van der Waals surface area contributed by atoms with Crippen molar-refractivity contribution < 1.29 is 22.8 Å². The highest BCUT2D eigenvalue weighted by Crippen LogP contribution is 2.34. The van der Waals surface area contributed by atoms with Gasteiger partial charge in [-0.25, -0.2) is 0 Å². The van der Waals surface area contributed by atoms with E-state index in [9.17, 15) is 22.8 Å². The molecular formula is C10H10F3N3O2. The third-order valence-corrected chi connectivity index (χ3v) is 2.08. The van der Waals surface area contributed by atoms with Crippen LogP contribution in [0.5, 0.6) is 0 Å². The number of amides is 2. The SMILES string of the molecule is NC(=O)CNC(=O)c1cccc(C(F)(F)F)c1N. The molecule has 1 aromatic carbocycles. The minimum atomic E-state index is -4.65. The molecule has 18 heavy (non-hydrogen) atoms. The Morgan fingerprint density at radius 1 is 1.28 bits per heavy atom. The van der Waals surface area contributed by atoms with Gasteiger partial charge in [0, 0.05) is 0 Å². The van der Waals surface area contributed by atoms with Crippen LogP contribution >= 0.6 is 0 Å². The maximum atomic E-state index is 12.5. The van der Waals surface area contributed by atoms with Crippen molar-refractivity contribution in [1.29, 1.82) is 0 Å². The largest absolute Gasteiger partial charge is 0.418 e. The summed E-state index contributed by atoms with van der Waals surface area (Å²) >= 11 is 0. The lowest BCUT2D eigenvalue weighted by Crippen LogP contribution is -2.33. The highest BCUT2D eigenvalue weighted by Gasteiger charge is 2.34. The summed E-state index contributed by atoms with van der Waals surface area (Å²) in [6, 6.07) is 2.94. The van der Waals surface area contributed by atoms with Crippen molar-refractivity contribution in [2.75, 3.05) is 12.3 Å². The van der Waals surface area contributed by atoms with Crippen LogP contribution in [-0.4, -0.2) is 18.4 Å². The summed E-state index contributed by atoms with van der Waals surface area (Å²) in [5, 5.41) is 2.06. The van der Waals surface area contributed by atoms with Crippen molar-refractivity contribution in [2.24, 2.45) is 5.73 Å². The fourth-order valence-corrected chi connectivity index (χ4v) is 1.27. The molecule has 98 valence electrons. The number of anilines is 1. The predicted molar refractivity (Wildman–Crippen MR) is 57.4 cm³/mol. The highest BCUT2D eigenvalue weighted by atomic mass is 19.4. The average Bonchev–Trinajstić information content (AvgIpc) is 2.24. The third kappa shape index (κ3) is 3.12. The van der Waals surface area contributed by atoms with Gasteiger partial charge < -0.3 is 16.8 Å². The number of rotatable bonds is 3. The molecule has 0 aromatic heterocycles. The lowest BCUT2D eigenvalue weighted by Gasteiger charge is -2.13. The molecule has 1 aromatic rings. The number of para-hydroxylation sites is 1. The van der Waals surface area contributed by atoms with Gasteiger partial charge in [0.25, 0.3) is 5.91 Å². The molecule has 0 aliphatic rings. The van der Waals surface area contributed by atoms with Gasteiger partial charge in [0.15, 0.2) is 0 Å². The van der Waals surface area contributed by atoms with Crippen molar-refractivity contribution in [3.05, 3.63) is 29.3 Å². The zero-order valence-corrected chi connectivity index (χ0v) is 9.04. The molecular weight excluding hydrogens is 251 g/mol. The summed E-state index contributed by atoms with van der Waals surface area (Å²) in [5.41, 5.74) is 7.92. The zero-order chi connectivity index (χ0) is 13.9. The molecule has 0 spiro atoms. The van der Waals surface area contributed by atoms with Gasteiger partial charge in [0.2, 0.25) is 5.91 Å². The van der Waals surface area contributed by atoms with Crippen molar-refractivity contribution in [3.63, 3.8) is 0 Å². The molecule has 8 heteroatoms. The van der Waals surface area contributed by atoms with Crippen molar-refractivity contribution in [3.8, 4) is 0 Å². The van der Waals surface area contributed by atoms with E-state index >= 15 is 0 Å². The molecule has 0 saturated carbocycles. The van der Waals surface area contributed by atoms with Crippen LogP contribution < -0.4 is 16.8 Å². The lowest BCUT2D eigenvalue weighted by molar-refractivity contribution is -0.136. The van der Waals surface area contributed by atoms with Gasteiger partial charge in [-0.3, -0.25) is 9.59 Å². The van der Waals surface area contributed by atoms with E-state index in [1.165, 1.54) is 0 Å². The highest BCUT2D eigenvalue weighted by molar-refractivity contribution is 6.01. The Bertz CT molecular complexity index is 486. The molecule has 5 N–H and O–H groups in total. The number of hydrogen-bond acceptors (Lipinski definition) is 3. The van der Waals surface area contributed by atoms with E-state index in [0.717, 1.165) is 18.2 Å². The minimum absolute atomic E-state index is 0.355. The molecule has 0 saturated heterocycles. The van der Waals surface area contributed by atoms with Crippen LogP contribution in [0.15, 0.2) is 18.2 Å². The number of nitrogens with two attached hydrogens (primary N) is 2. The number of carbonyl (C=O) groups is 2. The molecule has 0 fully saturated rings. The van der Waals surface area contributed by atoms with E-state index < -0.39 is 35.8 Å². The summed E-state index contributed by atoms with van der Waals surface area (Å²) in [6.07, 6.45) is -4.65. The normalized spacial score (nSPS) is 11.1. The first-order valence-corrected chi connectivity index (χ1v) is 4.75. The molecule has 0 unspecified atom stereocenters. The Labute approximate surface area is 99.9 Å². The third-order valence-electron chi connectivity index (χ3n) is 2.08. The number of nitrogen functional groups attached to an aromatic ring is 1. The number of primary amides is 1. The number of hydrogen-bond donors (Lipinski definition) is 3.